The fourth-order valence-corrected chi connectivity index (χ4v) is 3.67. The lowest BCUT2D eigenvalue weighted by Gasteiger charge is -2.14. The molecule has 0 fully saturated rings. The summed E-state index contributed by atoms with van der Waals surface area (Å²) in [6, 6.07) is 10.3. The average Bonchev–Trinajstić information content (AvgIpc) is 3.28. The number of benzene rings is 2. The molecule has 182 valence electrons. The third-order valence-electron chi connectivity index (χ3n) is 5.17. The summed E-state index contributed by atoms with van der Waals surface area (Å²) in [4.78, 5) is 12.3. The maximum Gasteiger partial charge on any atom is 0.417 e. The van der Waals surface area contributed by atoms with Gasteiger partial charge in [0, 0.05) is 24.7 Å². The summed E-state index contributed by atoms with van der Waals surface area (Å²) in [7, 11) is 0. The number of ether oxygens (including phenoxy) is 2. The number of alkyl halides is 3. The molecule has 3 heterocycles. The van der Waals surface area contributed by atoms with Crippen molar-refractivity contribution >= 4 is 17.4 Å². The van der Waals surface area contributed by atoms with Crippen LogP contribution in [0.15, 0.2) is 67.4 Å². The Hall–Kier alpha value is -4.25. The zero-order valence-corrected chi connectivity index (χ0v) is 19.3. The molecule has 3 aromatic heterocycles. The highest BCUT2D eigenvalue weighted by atomic mass is 35.5. The fraction of sp³-hybridized carbons (Fsp3) is 0.125. The summed E-state index contributed by atoms with van der Waals surface area (Å²) < 4.78 is 52.5. The van der Waals surface area contributed by atoms with Crippen molar-refractivity contribution in [2.45, 2.75) is 19.7 Å². The van der Waals surface area contributed by atoms with E-state index >= 15 is 0 Å². The van der Waals surface area contributed by atoms with Gasteiger partial charge in [-0.1, -0.05) is 17.7 Å². The van der Waals surface area contributed by atoms with Crippen molar-refractivity contribution in [3.05, 3.63) is 89.1 Å². The smallest absolute Gasteiger partial charge is 0.417 e. The van der Waals surface area contributed by atoms with E-state index in [1.54, 1.807) is 48.1 Å². The first-order chi connectivity index (χ1) is 17.3. The monoisotopic (exact) mass is 512 g/mol. The Kier molecular flexibility index (Phi) is 6.15. The number of hydrogen-bond acceptors (Lipinski definition) is 7. The minimum atomic E-state index is -4.58. The Balaban J connectivity index is 1.28. The first-order valence-corrected chi connectivity index (χ1v) is 10.9. The van der Waals surface area contributed by atoms with E-state index in [1.807, 2.05) is 6.07 Å². The van der Waals surface area contributed by atoms with E-state index in [0.717, 1.165) is 23.3 Å². The van der Waals surface area contributed by atoms with Gasteiger partial charge in [0.15, 0.2) is 5.82 Å². The minimum absolute atomic E-state index is 0.0334. The van der Waals surface area contributed by atoms with Crippen LogP contribution in [0.4, 0.5) is 13.2 Å². The minimum Gasteiger partial charge on any atom is -0.473 e. The van der Waals surface area contributed by atoms with E-state index in [1.165, 1.54) is 12.4 Å². The van der Waals surface area contributed by atoms with Crippen LogP contribution in [0.1, 0.15) is 16.7 Å². The molecule has 0 N–H and O–H groups in total. The van der Waals surface area contributed by atoms with E-state index in [-0.39, 0.29) is 17.4 Å². The van der Waals surface area contributed by atoms with Gasteiger partial charge in [-0.3, -0.25) is 4.40 Å². The van der Waals surface area contributed by atoms with Gasteiger partial charge in [0.05, 0.1) is 16.1 Å². The van der Waals surface area contributed by atoms with Crippen molar-refractivity contribution in [2.24, 2.45) is 0 Å². The number of rotatable bonds is 6. The maximum atomic E-state index is 13.1. The predicted molar refractivity (Wildman–Crippen MR) is 124 cm³/mol. The van der Waals surface area contributed by atoms with Crippen LogP contribution in [0.5, 0.6) is 17.4 Å². The van der Waals surface area contributed by atoms with E-state index in [2.05, 4.69) is 25.1 Å². The Labute approximate surface area is 207 Å². The zero-order valence-electron chi connectivity index (χ0n) is 18.6. The van der Waals surface area contributed by atoms with Gasteiger partial charge in [-0.15, -0.1) is 10.2 Å². The van der Waals surface area contributed by atoms with Gasteiger partial charge < -0.3 is 9.47 Å². The predicted octanol–water partition coefficient (Wildman–Crippen LogP) is 5.93. The molecule has 2 aromatic carbocycles. The molecule has 0 atom stereocenters. The molecule has 8 nitrogen and oxygen atoms in total. The van der Waals surface area contributed by atoms with Gasteiger partial charge in [-0.2, -0.15) is 18.2 Å². The normalized spacial score (nSPS) is 11.6. The second-order valence-electron chi connectivity index (χ2n) is 7.72. The van der Waals surface area contributed by atoms with Crippen LogP contribution in [0.3, 0.4) is 0 Å². The van der Waals surface area contributed by atoms with Crippen LogP contribution >= 0.6 is 11.6 Å². The Morgan fingerprint density at radius 1 is 1.00 bits per heavy atom. The summed E-state index contributed by atoms with van der Waals surface area (Å²) in [5.41, 5.74) is 1.28. The van der Waals surface area contributed by atoms with Crippen molar-refractivity contribution < 1.29 is 22.6 Å². The van der Waals surface area contributed by atoms with E-state index in [4.69, 9.17) is 21.1 Å². The average molecular weight is 513 g/mol. The molecule has 0 aliphatic rings. The lowest BCUT2D eigenvalue weighted by molar-refractivity contribution is -0.137. The van der Waals surface area contributed by atoms with Gasteiger partial charge >= 0.3 is 6.18 Å². The third kappa shape index (κ3) is 4.91. The molecule has 0 spiro atoms. The molecule has 0 unspecified atom stereocenters. The van der Waals surface area contributed by atoms with Crippen LogP contribution in [0, 0.1) is 6.92 Å². The number of aromatic nitrogens is 6. The molecule has 36 heavy (non-hydrogen) atoms. The van der Waals surface area contributed by atoms with Gasteiger partial charge in [0.25, 0.3) is 5.78 Å². The quantitative estimate of drug-likeness (QED) is 0.278. The number of fused-ring (bicyclic) bond motifs is 1. The number of halogens is 4. The fourth-order valence-electron chi connectivity index (χ4n) is 3.45. The summed E-state index contributed by atoms with van der Waals surface area (Å²) in [6.07, 6.45) is 1.85. The molecule has 5 rings (SSSR count). The van der Waals surface area contributed by atoms with Gasteiger partial charge in [0.2, 0.25) is 5.88 Å². The highest BCUT2D eigenvalue weighted by Gasteiger charge is 2.33. The highest BCUT2D eigenvalue weighted by molar-refractivity contribution is 6.31. The van der Waals surface area contributed by atoms with E-state index < -0.39 is 11.7 Å². The summed E-state index contributed by atoms with van der Waals surface area (Å²) >= 11 is 5.67. The summed E-state index contributed by atoms with van der Waals surface area (Å²) in [6.45, 7) is 1.99. The third-order valence-corrected chi connectivity index (χ3v) is 5.50. The standard InChI is InChI=1S/C24H16ClF3N6O2/c1-14-8-15(2-5-20(14)36-17-3-4-19(25)18(9-17)24(26,27)28)12-35-21-6-7-34-22(32-33-23(34)31-21)16-10-29-13-30-11-16/h2-11,13H,12H2,1H3. The molecule has 0 saturated carbocycles. The largest absolute Gasteiger partial charge is 0.473 e. The Morgan fingerprint density at radius 3 is 2.56 bits per heavy atom. The van der Waals surface area contributed by atoms with Crippen molar-refractivity contribution in [2.75, 3.05) is 0 Å². The molecule has 5 aromatic rings. The summed E-state index contributed by atoms with van der Waals surface area (Å²) in [5.74, 6) is 1.71. The molecule has 12 heteroatoms. The molecule has 0 saturated heterocycles. The first-order valence-electron chi connectivity index (χ1n) is 10.5. The lowest BCUT2D eigenvalue weighted by Crippen LogP contribution is -2.06. The Morgan fingerprint density at radius 2 is 1.81 bits per heavy atom. The maximum absolute atomic E-state index is 13.1. The van der Waals surface area contributed by atoms with Crippen LogP contribution in [0.25, 0.3) is 17.2 Å². The Bertz CT molecular complexity index is 1540. The number of hydrogen-bond donors (Lipinski definition) is 0. The number of nitrogens with zero attached hydrogens (tertiary/aromatic N) is 6. The lowest BCUT2D eigenvalue weighted by atomic mass is 10.1. The van der Waals surface area contributed by atoms with Gasteiger partial charge in [-0.25, -0.2) is 9.97 Å². The van der Waals surface area contributed by atoms with Crippen molar-refractivity contribution in [3.63, 3.8) is 0 Å². The van der Waals surface area contributed by atoms with Gasteiger partial charge in [0.1, 0.15) is 24.4 Å². The summed E-state index contributed by atoms with van der Waals surface area (Å²) in [5, 5.41) is 7.82. The molecule has 0 radical (unpaired) electrons. The molecule has 0 aliphatic carbocycles. The van der Waals surface area contributed by atoms with Gasteiger partial charge in [-0.05, 0) is 48.4 Å². The molecular weight excluding hydrogens is 497 g/mol. The zero-order chi connectivity index (χ0) is 25.3. The van der Waals surface area contributed by atoms with Crippen LogP contribution in [0.2, 0.25) is 5.02 Å². The van der Waals surface area contributed by atoms with Crippen LogP contribution < -0.4 is 9.47 Å². The molecule has 0 aliphatic heterocycles. The van der Waals surface area contributed by atoms with E-state index in [0.29, 0.717) is 28.8 Å². The second-order valence-corrected chi connectivity index (χ2v) is 8.12. The van der Waals surface area contributed by atoms with Crippen molar-refractivity contribution in [1.82, 2.24) is 29.5 Å². The highest BCUT2D eigenvalue weighted by Crippen LogP contribution is 2.38. The second kappa shape index (κ2) is 9.42. The molecule has 0 bridgehead atoms. The van der Waals surface area contributed by atoms with Crippen molar-refractivity contribution in [3.8, 4) is 28.8 Å². The SMILES string of the molecule is Cc1cc(COc2ccn3c(-c4cncnc4)nnc3n2)ccc1Oc1ccc(Cl)c(C(F)(F)F)c1. The van der Waals surface area contributed by atoms with Crippen molar-refractivity contribution in [1.29, 1.82) is 0 Å². The van der Waals surface area contributed by atoms with Crippen LogP contribution in [-0.4, -0.2) is 29.5 Å². The molecule has 0 amide bonds. The first kappa shape index (κ1) is 23.5. The topological polar surface area (TPSA) is 87.3 Å². The van der Waals surface area contributed by atoms with E-state index in [9.17, 15) is 13.2 Å². The van der Waals surface area contributed by atoms with Crippen LogP contribution in [-0.2, 0) is 12.8 Å². The number of aryl methyl sites for hydroxylation is 1. The molecular formula is C24H16ClF3N6O2.